The summed E-state index contributed by atoms with van der Waals surface area (Å²) in [4.78, 5) is 12.5. The fourth-order valence-electron chi connectivity index (χ4n) is 2.42. The van der Waals surface area contributed by atoms with Gasteiger partial charge in [0.25, 0.3) is 5.91 Å². The van der Waals surface area contributed by atoms with Crippen LogP contribution >= 0.6 is 0 Å². The summed E-state index contributed by atoms with van der Waals surface area (Å²) in [6, 6.07) is 5.79. The number of benzene rings is 1. The predicted molar refractivity (Wildman–Crippen MR) is 77.6 cm³/mol. The van der Waals surface area contributed by atoms with Gasteiger partial charge < -0.3 is 14.9 Å². The van der Waals surface area contributed by atoms with Gasteiger partial charge in [-0.25, -0.2) is 4.39 Å². The Hall–Kier alpha value is -2.21. The molecule has 0 aliphatic heterocycles. The third-order valence-electron chi connectivity index (χ3n) is 3.88. The van der Waals surface area contributed by atoms with Crippen LogP contribution in [0.3, 0.4) is 0 Å². The van der Waals surface area contributed by atoms with Crippen molar-refractivity contribution in [2.24, 2.45) is 0 Å². The summed E-state index contributed by atoms with van der Waals surface area (Å²) in [6.07, 6.45) is 2.05. The average molecular weight is 304 g/mol. The van der Waals surface area contributed by atoms with Crippen LogP contribution in [0.25, 0.3) is 11.3 Å². The molecule has 0 radical (unpaired) electrons. The van der Waals surface area contributed by atoms with Crippen molar-refractivity contribution in [2.75, 3.05) is 0 Å². The van der Waals surface area contributed by atoms with Crippen LogP contribution in [0.4, 0.5) is 4.39 Å². The van der Waals surface area contributed by atoms with Crippen molar-refractivity contribution in [1.29, 1.82) is 0 Å². The molecule has 1 amide bonds. The SMILES string of the molecule is C[C@H](O)c1onc(-c2ccc(F)cc2)c1C(=O)NC1CCC1. The molecule has 2 aromatic rings. The molecule has 1 aliphatic carbocycles. The number of hydrogen-bond donors (Lipinski definition) is 2. The molecule has 0 spiro atoms. The van der Waals surface area contributed by atoms with Crippen LogP contribution in [0.5, 0.6) is 0 Å². The van der Waals surface area contributed by atoms with E-state index in [4.69, 9.17) is 4.52 Å². The number of carbonyl (C=O) groups is 1. The maximum absolute atomic E-state index is 13.1. The molecule has 1 saturated carbocycles. The number of nitrogens with one attached hydrogen (secondary N) is 1. The molecule has 1 heterocycles. The maximum atomic E-state index is 13.1. The first-order valence-electron chi connectivity index (χ1n) is 7.30. The summed E-state index contributed by atoms with van der Waals surface area (Å²) in [7, 11) is 0. The molecule has 1 aromatic heterocycles. The molecular weight excluding hydrogens is 287 g/mol. The summed E-state index contributed by atoms with van der Waals surface area (Å²) < 4.78 is 18.2. The number of carbonyl (C=O) groups excluding carboxylic acids is 1. The van der Waals surface area contributed by atoms with E-state index in [2.05, 4.69) is 10.5 Å². The van der Waals surface area contributed by atoms with Gasteiger partial charge in [-0.1, -0.05) is 5.16 Å². The van der Waals surface area contributed by atoms with E-state index in [-0.39, 0.29) is 29.1 Å². The molecule has 3 rings (SSSR count). The lowest BCUT2D eigenvalue weighted by Crippen LogP contribution is -2.39. The number of aliphatic hydroxyl groups is 1. The number of aliphatic hydroxyl groups excluding tert-OH is 1. The van der Waals surface area contributed by atoms with Crippen LogP contribution in [0, 0.1) is 5.82 Å². The summed E-state index contributed by atoms with van der Waals surface area (Å²) in [5.74, 6) is -0.569. The van der Waals surface area contributed by atoms with Gasteiger partial charge in [0.05, 0.1) is 0 Å². The Kier molecular flexibility index (Phi) is 3.94. The van der Waals surface area contributed by atoms with Crippen LogP contribution in [-0.4, -0.2) is 22.2 Å². The van der Waals surface area contributed by atoms with E-state index in [1.165, 1.54) is 31.2 Å². The monoisotopic (exact) mass is 304 g/mol. The number of aromatic nitrogens is 1. The second kappa shape index (κ2) is 5.88. The predicted octanol–water partition coefficient (Wildman–Crippen LogP) is 2.82. The van der Waals surface area contributed by atoms with Crippen molar-refractivity contribution in [3.05, 3.63) is 41.4 Å². The van der Waals surface area contributed by atoms with Gasteiger partial charge in [0, 0.05) is 11.6 Å². The standard InChI is InChI=1S/C16H17FN2O3/c1-9(20)15-13(16(21)18-12-3-2-4-12)14(19-22-15)10-5-7-11(17)8-6-10/h5-9,12,20H,2-4H2,1H3,(H,18,21)/t9-/m0/s1. The van der Waals surface area contributed by atoms with Gasteiger partial charge in [-0.05, 0) is 50.5 Å². The van der Waals surface area contributed by atoms with Crippen LogP contribution in [0.15, 0.2) is 28.8 Å². The van der Waals surface area contributed by atoms with Crippen LogP contribution in [0.1, 0.15) is 48.4 Å². The average Bonchev–Trinajstić information content (AvgIpc) is 2.88. The fraction of sp³-hybridized carbons (Fsp3) is 0.375. The zero-order valence-corrected chi connectivity index (χ0v) is 12.2. The summed E-state index contributed by atoms with van der Waals surface area (Å²) >= 11 is 0. The second-order valence-corrected chi connectivity index (χ2v) is 5.55. The van der Waals surface area contributed by atoms with Gasteiger partial charge in [-0.3, -0.25) is 4.79 Å². The van der Waals surface area contributed by atoms with Crippen molar-refractivity contribution in [1.82, 2.24) is 10.5 Å². The highest BCUT2D eigenvalue weighted by atomic mass is 19.1. The molecular formula is C16H17FN2O3. The molecule has 6 heteroatoms. The fourth-order valence-corrected chi connectivity index (χ4v) is 2.42. The number of rotatable bonds is 4. The van der Waals surface area contributed by atoms with Gasteiger partial charge in [-0.2, -0.15) is 0 Å². The van der Waals surface area contributed by atoms with E-state index < -0.39 is 6.10 Å². The minimum Gasteiger partial charge on any atom is -0.385 e. The largest absolute Gasteiger partial charge is 0.385 e. The van der Waals surface area contributed by atoms with E-state index in [1.807, 2.05) is 0 Å². The Morgan fingerprint density at radius 3 is 2.64 bits per heavy atom. The van der Waals surface area contributed by atoms with Crippen LogP contribution in [-0.2, 0) is 0 Å². The highest BCUT2D eigenvalue weighted by molar-refractivity contribution is 6.01. The lowest BCUT2D eigenvalue weighted by atomic mass is 9.92. The minimum atomic E-state index is -0.955. The number of halogens is 1. The Balaban J connectivity index is 1.98. The number of nitrogens with zero attached hydrogens (tertiary/aromatic N) is 1. The summed E-state index contributed by atoms with van der Waals surface area (Å²) in [5.41, 5.74) is 1.09. The molecule has 2 N–H and O–H groups in total. The molecule has 22 heavy (non-hydrogen) atoms. The zero-order valence-electron chi connectivity index (χ0n) is 12.2. The van der Waals surface area contributed by atoms with E-state index in [9.17, 15) is 14.3 Å². The first-order chi connectivity index (χ1) is 10.6. The normalized spacial score (nSPS) is 16.1. The zero-order chi connectivity index (χ0) is 15.7. The highest BCUT2D eigenvalue weighted by Crippen LogP contribution is 2.30. The van der Waals surface area contributed by atoms with Crippen molar-refractivity contribution in [2.45, 2.75) is 38.3 Å². The van der Waals surface area contributed by atoms with Crippen molar-refractivity contribution in [3.8, 4) is 11.3 Å². The molecule has 0 saturated heterocycles. The first kappa shape index (κ1) is 14.7. The first-order valence-corrected chi connectivity index (χ1v) is 7.30. The van der Waals surface area contributed by atoms with Crippen molar-refractivity contribution >= 4 is 5.91 Å². The van der Waals surface area contributed by atoms with E-state index in [0.29, 0.717) is 11.3 Å². The highest BCUT2D eigenvalue weighted by Gasteiger charge is 2.29. The van der Waals surface area contributed by atoms with Crippen molar-refractivity contribution < 1.29 is 18.8 Å². The number of amides is 1. The summed E-state index contributed by atoms with van der Waals surface area (Å²) in [5, 5.41) is 16.6. The van der Waals surface area contributed by atoms with Gasteiger partial charge in [-0.15, -0.1) is 0 Å². The number of hydrogen-bond acceptors (Lipinski definition) is 4. The third-order valence-corrected chi connectivity index (χ3v) is 3.88. The minimum absolute atomic E-state index is 0.121. The van der Waals surface area contributed by atoms with E-state index >= 15 is 0 Å². The Labute approximate surface area is 127 Å². The lowest BCUT2D eigenvalue weighted by molar-refractivity contribution is 0.0904. The lowest BCUT2D eigenvalue weighted by Gasteiger charge is -2.26. The van der Waals surface area contributed by atoms with Crippen LogP contribution in [0.2, 0.25) is 0 Å². The van der Waals surface area contributed by atoms with Gasteiger partial charge >= 0.3 is 0 Å². The Morgan fingerprint density at radius 1 is 1.41 bits per heavy atom. The van der Waals surface area contributed by atoms with Gasteiger partial charge in [0.2, 0.25) is 0 Å². The van der Waals surface area contributed by atoms with Crippen molar-refractivity contribution in [3.63, 3.8) is 0 Å². The molecule has 1 atom stereocenters. The van der Waals surface area contributed by atoms with E-state index in [0.717, 1.165) is 19.3 Å². The molecule has 0 unspecified atom stereocenters. The summed E-state index contributed by atoms with van der Waals surface area (Å²) in [6.45, 7) is 1.51. The second-order valence-electron chi connectivity index (χ2n) is 5.55. The maximum Gasteiger partial charge on any atom is 0.257 e. The topological polar surface area (TPSA) is 75.4 Å². The Bertz CT molecular complexity index is 675. The smallest absolute Gasteiger partial charge is 0.257 e. The molecule has 1 aromatic carbocycles. The molecule has 0 bridgehead atoms. The molecule has 1 aliphatic rings. The molecule has 116 valence electrons. The van der Waals surface area contributed by atoms with Crippen LogP contribution < -0.4 is 5.32 Å². The quantitative estimate of drug-likeness (QED) is 0.910. The third kappa shape index (κ3) is 2.74. The van der Waals surface area contributed by atoms with E-state index in [1.54, 1.807) is 0 Å². The molecule has 1 fully saturated rings. The molecule has 5 nitrogen and oxygen atoms in total. The Morgan fingerprint density at radius 2 is 2.09 bits per heavy atom. The van der Waals surface area contributed by atoms with Gasteiger partial charge in [0.1, 0.15) is 23.2 Å². The van der Waals surface area contributed by atoms with Gasteiger partial charge in [0.15, 0.2) is 5.76 Å².